The maximum absolute atomic E-state index is 11.9. The lowest BCUT2D eigenvalue weighted by Crippen LogP contribution is -2.56. The minimum atomic E-state index is -0.136. The minimum Gasteiger partial charge on any atom is -0.427 e. The zero-order chi connectivity index (χ0) is 18.5. The molecule has 1 saturated carbocycles. The molecule has 2 saturated heterocycles. The topological polar surface area (TPSA) is 45.3 Å². The quantitative estimate of drug-likeness (QED) is 0.634. The van der Waals surface area contributed by atoms with E-state index in [0.717, 1.165) is 31.2 Å². The number of fused-ring (bicyclic) bond motifs is 4. The van der Waals surface area contributed by atoms with E-state index in [1.54, 1.807) is 0 Å². The average molecular weight is 367 g/mol. The molecule has 5 atom stereocenters. The van der Waals surface area contributed by atoms with Crippen LogP contribution in [0.1, 0.15) is 63.1 Å². The number of hydrogen-bond acceptors (Lipinski definition) is 3. The fourth-order valence-electron chi connectivity index (χ4n) is 6.12. The number of carbonyl (C=O) groups excluding carboxylic acids is 1. The number of ether oxygens (including phenoxy) is 1. The molecular weight excluding hydrogens is 336 g/mol. The highest BCUT2D eigenvalue weighted by Gasteiger charge is 2.48. The van der Waals surface area contributed by atoms with Crippen LogP contribution in [0, 0.1) is 11.8 Å². The van der Waals surface area contributed by atoms with Gasteiger partial charge in [0.05, 0.1) is 0 Å². The number of benzene rings is 1. The molecule has 144 valence electrons. The highest BCUT2D eigenvalue weighted by Crippen LogP contribution is 2.51. The molecule has 3 fully saturated rings. The number of rotatable bonds is 4. The van der Waals surface area contributed by atoms with E-state index in [0.29, 0.717) is 24.1 Å². The van der Waals surface area contributed by atoms with Gasteiger partial charge in [-0.1, -0.05) is 20.3 Å². The molecular formula is C23H30N2O2. The molecule has 4 nitrogen and oxygen atoms in total. The van der Waals surface area contributed by atoms with Gasteiger partial charge >= 0.3 is 5.97 Å². The van der Waals surface area contributed by atoms with E-state index in [9.17, 15) is 4.79 Å². The predicted molar refractivity (Wildman–Crippen MR) is 107 cm³/mol. The van der Waals surface area contributed by atoms with Crippen molar-refractivity contribution >= 4 is 16.9 Å². The molecule has 2 aromatic rings. The molecule has 4 bridgehead atoms. The number of nitrogens with one attached hydrogen (secondary N) is 1. The van der Waals surface area contributed by atoms with Crippen LogP contribution in [0.5, 0.6) is 5.75 Å². The fraction of sp³-hybridized carbons (Fsp3) is 0.609. The van der Waals surface area contributed by atoms with Crippen LogP contribution in [0.3, 0.4) is 0 Å². The Morgan fingerprint density at radius 3 is 3.00 bits per heavy atom. The molecule has 3 aliphatic heterocycles. The lowest BCUT2D eigenvalue weighted by Gasteiger charge is -2.53. The molecule has 0 spiro atoms. The Morgan fingerprint density at radius 2 is 2.19 bits per heavy atom. The highest BCUT2D eigenvalue weighted by molar-refractivity contribution is 5.87. The zero-order valence-corrected chi connectivity index (χ0v) is 16.5. The van der Waals surface area contributed by atoms with E-state index in [1.807, 2.05) is 13.0 Å². The first-order valence-electron chi connectivity index (χ1n) is 10.8. The molecule has 2 unspecified atom stereocenters. The van der Waals surface area contributed by atoms with Crippen molar-refractivity contribution < 1.29 is 9.53 Å². The Labute approximate surface area is 161 Å². The minimum absolute atomic E-state index is 0.136. The second-order valence-corrected chi connectivity index (χ2v) is 8.80. The number of nitrogens with zero attached hydrogens (tertiary/aromatic N) is 1. The standard InChI is InChI=1S/C23H30N2O2/c1-3-5-21(26)27-16-6-7-20-18(12-16)17-8-9-25-13-14-10-15(4-2)23(25)19(11-14)22(17)24-20/h6-7,12,14-15,19,23-24H,3-5,8-11,13H2,1-2H3/t14-,15-,19-,23?/m0/s1. The van der Waals surface area contributed by atoms with Crippen LogP contribution < -0.4 is 4.74 Å². The van der Waals surface area contributed by atoms with Gasteiger partial charge in [-0.15, -0.1) is 0 Å². The first-order valence-corrected chi connectivity index (χ1v) is 10.8. The van der Waals surface area contributed by atoms with Crippen LogP contribution >= 0.6 is 0 Å². The normalized spacial score (nSPS) is 31.6. The summed E-state index contributed by atoms with van der Waals surface area (Å²) in [5.41, 5.74) is 4.13. The number of carbonyl (C=O) groups is 1. The molecule has 1 aliphatic carbocycles. The fourth-order valence-corrected chi connectivity index (χ4v) is 6.12. The molecule has 0 radical (unpaired) electrons. The second-order valence-electron chi connectivity index (χ2n) is 8.80. The molecule has 1 aromatic heterocycles. The molecule has 1 aromatic carbocycles. The lowest BCUT2D eigenvalue weighted by atomic mass is 9.65. The van der Waals surface area contributed by atoms with Gasteiger partial charge in [0.25, 0.3) is 0 Å². The van der Waals surface area contributed by atoms with Gasteiger partial charge in [-0.25, -0.2) is 0 Å². The number of H-pyrrole nitrogens is 1. The van der Waals surface area contributed by atoms with Crippen LogP contribution in [0.4, 0.5) is 0 Å². The Kier molecular flexibility index (Phi) is 4.27. The smallest absolute Gasteiger partial charge is 0.311 e. The predicted octanol–water partition coefficient (Wildman–Crippen LogP) is 4.63. The first kappa shape index (κ1) is 17.3. The van der Waals surface area contributed by atoms with Gasteiger partial charge in [-0.05, 0) is 61.3 Å². The third kappa shape index (κ3) is 2.80. The van der Waals surface area contributed by atoms with Crippen LogP contribution in [0.2, 0.25) is 0 Å². The molecule has 6 rings (SSSR count). The molecule has 0 amide bonds. The van der Waals surface area contributed by atoms with Gasteiger partial charge in [0.15, 0.2) is 0 Å². The largest absolute Gasteiger partial charge is 0.427 e. The number of aromatic nitrogens is 1. The molecule has 4 heteroatoms. The summed E-state index contributed by atoms with van der Waals surface area (Å²) >= 11 is 0. The van der Waals surface area contributed by atoms with Gasteiger partial charge in [-0.2, -0.15) is 0 Å². The van der Waals surface area contributed by atoms with Gasteiger partial charge in [-0.3, -0.25) is 9.69 Å². The van der Waals surface area contributed by atoms with Crippen molar-refractivity contribution in [1.29, 1.82) is 0 Å². The van der Waals surface area contributed by atoms with Crippen molar-refractivity contribution in [3.05, 3.63) is 29.5 Å². The van der Waals surface area contributed by atoms with Crippen molar-refractivity contribution in [2.75, 3.05) is 13.1 Å². The van der Waals surface area contributed by atoms with E-state index in [4.69, 9.17) is 4.74 Å². The Morgan fingerprint density at radius 1 is 1.30 bits per heavy atom. The summed E-state index contributed by atoms with van der Waals surface area (Å²) in [5.74, 6) is 2.88. The highest BCUT2D eigenvalue weighted by atomic mass is 16.5. The van der Waals surface area contributed by atoms with E-state index < -0.39 is 0 Å². The van der Waals surface area contributed by atoms with E-state index in [2.05, 4.69) is 28.9 Å². The third-order valence-corrected chi connectivity index (χ3v) is 7.17. The molecule has 1 N–H and O–H groups in total. The van der Waals surface area contributed by atoms with E-state index in [-0.39, 0.29) is 5.97 Å². The number of esters is 1. The Hall–Kier alpha value is -1.81. The lowest BCUT2D eigenvalue weighted by molar-refractivity contribution is -0.134. The Bertz CT molecular complexity index is 871. The monoisotopic (exact) mass is 366 g/mol. The summed E-state index contributed by atoms with van der Waals surface area (Å²) in [7, 11) is 0. The molecule has 4 aliphatic rings. The van der Waals surface area contributed by atoms with Crippen LogP contribution in [0.15, 0.2) is 18.2 Å². The van der Waals surface area contributed by atoms with E-state index >= 15 is 0 Å². The SMILES string of the molecule is CCCC(=O)Oc1ccc2[nH]c3c(c2c1)CCN1C[C@H]2C[C@H](CC)C1[C@H]3C2. The maximum atomic E-state index is 11.9. The summed E-state index contributed by atoms with van der Waals surface area (Å²) in [6.07, 6.45) is 6.43. The molecule has 4 heterocycles. The molecule has 27 heavy (non-hydrogen) atoms. The van der Waals surface area contributed by atoms with Crippen molar-refractivity contribution in [2.45, 2.75) is 64.3 Å². The zero-order valence-electron chi connectivity index (χ0n) is 16.5. The van der Waals surface area contributed by atoms with Gasteiger partial charge in [0.1, 0.15) is 5.75 Å². The summed E-state index contributed by atoms with van der Waals surface area (Å²) in [6.45, 7) is 6.82. The second kappa shape index (κ2) is 6.66. The van der Waals surface area contributed by atoms with Gasteiger partial charge in [0, 0.05) is 48.1 Å². The van der Waals surface area contributed by atoms with Crippen molar-refractivity contribution in [3.63, 3.8) is 0 Å². The summed E-state index contributed by atoms with van der Waals surface area (Å²) < 4.78 is 5.56. The Balaban J connectivity index is 1.53. The average Bonchev–Trinajstić information content (AvgIpc) is 2.99. The maximum Gasteiger partial charge on any atom is 0.311 e. The van der Waals surface area contributed by atoms with Crippen LogP contribution in [-0.2, 0) is 11.2 Å². The summed E-state index contributed by atoms with van der Waals surface area (Å²) in [6, 6.07) is 6.81. The van der Waals surface area contributed by atoms with E-state index in [1.165, 1.54) is 48.0 Å². The van der Waals surface area contributed by atoms with Gasteiger partial charge in [0.2, 0.25) is 0 Å². The number of piperidine rings is 2. The summed E-state index contributed by atoms with van der Waals surface area (Å²) in [5, 5.41) is 1.25. The van der Waals surface area contributed by atoms with Gasteiger partial charge < -0.3 is 9.72 Å². The third-order valence-electron chi connectivity index (χ3n) is 7.17. The summed E-state index contributed by atoms with van der Waals surface area (Å²) in [4.78, 5) is 18.5. The van der Waals surface area contributed by atoms with Crippen molar-refractivity contribution in [1.82, 2.24) is 9.88 Å². The number of hydrogen-bond donors (Lipinski definition) is 1. The van der Waals surface area contributed by atoms with Crippen molar-refractivity contribution in [2.24, 2.45) is 11.8 Å². The first-order chi connectivity index (χ1) is 13.2. The van der Waals surface area contributed by atoms with Crippen LogP contribution in [-0.4, -0.2) is 35.0 Å². The van der Waals surface area contributed by atoms with Crippen LogP contribution in [0.25, 0.3) is 10.9 Å². The number of aromatic amines is 1. The van der Waals surface area contributed by atoms with Crippen molar-refractivity contribution in [3.8, 4) is 5.75 Å².